The highest BCUT2D eigenvalue weighted by atomic mass is 15.1. The monoisotopic (exact) mass is 1240 g/mol. The molecule has 24 rings (SSSR count). The number of aromatic nitrogens is 8. The third kappa shape index (κ3) is 6.31. The first-order valence-corrected chi connectivity index (χ1v) is 33.7. The Morgan fingerprint density at radius 1 is 0.224 bits per heavy atom. The Bertz CT molecular complexity index is 7620. The van der Waals surface area contributed by atoms with Crippen molar-refractivity contribution in [1.29, 1.82) is 0 Å². The molecule has 0 atom stereocenters. The van der Waals surface area contributed by atoms with Crippen LogP contribution in [0.15, 0.2) is 304 Å². The van der Waals surface area contributed by atoms with Gasteiger partial charge in [-0.25, -0.2) is 4.98 Å². The number of hydrogen-bond donors (Lipinski definition) is 0. The molecule has 0 aliphatic carbocycles. The van der Waals surface area contributed by atoms with Crippen LogP contribution in [0.1, 0.15) is 0 Å². The maximum Gasteiger partial charge on any atom is 0.145 e. The molecule has 0 unspecified atom stereocenters. The van der Waals surface area contributed by atoms with Gasteiger partial charge >= 0.3 is 0 Å². The molecule has 8 heteroatoms. The summed E-state index contributed by atoms with van der Waals surface area (Å²) in [5, 5.41) is 24.6. The van der Waals surface area contributed by atoms with Crippen LogP contribution in [0, 0.1) is 0 Å². The maximum absolute atomic E-state index is 5.18. The van der Waals surface area contributed by atoms with Gasteiger partial charge in [0.1, 0.15) is 5.65 Å². The molecule has 450 valence electrons. The van der Waals surface area contributed by atoms with Gasteiger partial charge in [-0.1, -0.05) is 164 Å². The van der Waals surface area contributed by atoms with Crippen molar-refractivity contribution in [2.75, 3.05) is 0 Å². The summed E-state index contributed by atoms with van der Waals surface area (Å²) in [6.45, 7) is 0. The van der Waals surface area contributed by atoms with Crippen LogP contribution in [0.3, 0.4) is 0 Å². The van der Waals surface area contributed by atoms with E-state index >= 15 is 0 Å². The summed E-state index contributed by atoms with van der Waals surface area (Å²) in [5.74, 6) is 0. The molecule has 24 aromatic rings. The van der Waals surface area contributed by atoms with Crippen molar-refractivity contribution in [3.05, 3.63) is 304 Å². The number of hydrogen-bond acceptors (Lipinski definition) is 2. The summed E-state index contributed by atoms with van der Waals surface area (Å²) in [5.41, 5.74) is 22.8. The molecule has 0 fully saturated rings. The van der Waals surface area contributed by atoms with E-state index in [-0.39, 0.29) is 0 Å². The SMILES string of the molecule is c1cc(-n2c3ccc4ccc(-c5cncc6c5c5ccccc5n6-c5ccc(-n6c7ccc8ccccc8c7c7c8c9ccccc9n9c%10ccccc%10c(cc76)c89)cc5)cc4c3c3c4c5ccccc5n5c6ccccc6c(cc32)c45)cc(-n2c3ccccc3c3cccnc32)c1. The number of nitrogens with zero attached hydrogens (tertiary/aromatic N) is 8. The lowest BCUT2D eigenvalue weighted by molar-refractivity contribution is 1.11. The van der Waals surface area contributed by atoms with Crippen molar-refractivity contribution in [2.45, 2.75) is 0 Å². The minimum absolute atomic E-state index is 0.938. The van der Waals surface area contributed by atoms with Gasteiger partial charge in [0, 0.05) is 127 Å². The summed E-state index contributed by atoms with van der Waals surface area (Å²) in [6.07, 6.45) is 6.05. The van der Waals surface area contributed by atoms with E-state index < -0.39 is 0 Å². The molecule has 10 aromatic heterocycles. The molecule has 0 aliphatic heterocycles. The molecule has 14 aromatic carbocycles. The van der Waals surface area contributed by atoms with Crippen molar-refractivity contribution in [3.8, 4) is 33.9 Å². The van der Waals surface area contributed by atoms with Gasteiger partial charge < -0.3 is 22.5 Å². The number of pyridine rings is 2. The van der Waals surface area contributed by atoms with Gasteiger partial charge in [0.2, 0.25) is 0 Å². The Hall–Kier alpha value is -13.3. The summed E-state index contributed by atoms with van der Waals surface area (Å²) in [6, 6.07) is 106. The van der Waals surface area contributed by atoms with Gasteiger partial charge in [-0.05, 0) is 148 Å². The molecule has 0 aliphatic rings. The van der Waals surface area contributed by atoms with E-state index in [0.29, 0.717) is 0 Å². The van der Waals surface area contributed by atoms with E-state index in [4.69, 9.17) is 9.97 Å². The zero-order valence-electron chi connectivity index (χ0n) is 52.4. The summed E-state index contributed by atoms with van der Waals surface area (Å²) in [7, 11) is 0. The molecule has 0 N–H and O–H groups in total. The zero-order chi connectivity index (χ0) is 63.3. The molecule has 0 amide bonds. The van der Waals surface area contributed by atoms with Crippen LogP contribution in [-0.2, 0) is 0 Å². The van der Waals surface area contributed by atoms with E-state index in [2.05, 4.69) is 319 Å². The van der Waals surface area contributed by atoms with Gasteiger partial charge in [0.05, 0.1) is 77.9 Å². The highest BCUT2D eigenvalue weighted by Crippen LogP contribution is 2.52. The Kier molecular flexibility index (Phi) is 9.57. The zero-order valence-corrected chi connectivity index (χ0v) is 52.4. The second-order valence-electron chi connectivity index (χ2n) is 26.8. The fourth-order valence-electron chi connectivity index (χ4n) is 18.3. The van der Waals surface area contributed by atoms with Crippen molar-refractivity contribution in [3.63, 3.8) is 0 Å². The standard InChI is InChI=1S/C90H50N8/c1-2-20-58-51(17-1)36-42-76-82(58)86-78(47-67-60-22-4-10-29-71(60)97-74-32-13-7-25-64(74)84(86)88(67)97)94(76)55-40-38-54(39-41-55)93-73-31-12-6-24-63(73)81-69(49-91-50-80(81)93)53-35-34-52-37-43-77-83(66(52)45-53)87-79(48-68-61-23-5-11-30-72(61)98-75-33-14-8-26-65(75)85(87)89(68)98)95(77)56-18-15-19-57(46-56)96-70-28-9-3-21-59(70)62-27-16-44-92-90(62)96/h1-50H. The van der Waals surface area contributed by atoms with Crippen LogP contribution < -0.4 is 0 Å². The van der Waals surface area contributed by atoms with Crippen LogP contribution in [0.25, 0.3) is 219 Å². The Labute approximate surface area is 556 Å². The average molecular weight is 1240 g/mol. The van der Waals surface area contributed by atoms with Crippen LogP contribution >= 0.6 is 0 Å². The largest absolute Gasteiger partial charge is 0.309 e. The minimum atomic E-state index is 0.938. The average Bonchev–Trinajstić information content (AvgIpc) is 1.52. The highest BCUT2D eigenvalue weighted by molar-refractivity contribution is 6.40. The molecule has 0 saturated heterocycles. The predicted molar refractivity (Wildman–Crippen MR) is 409 cm³/mol. The van der Waals surface area contributed by atoms with E-state index in [1.54, 1.807) is 0 Å². The fraction of sp³-hybridized carbons (Fsp3) is 0. The van der Waals surface area contributed by atoms with Crippen LogP contribution in [0.2, 0.25) is 0 Å². The molecule has 98 heavy (non-hydrogen) atoms. The Morgan fingerprint density at radius 3 is 1.29 bits per heavy atom. The second-order valence-corrected chi connectivity index (χ2v) is 26.8. The Balaban J connectivity index is 0.728. The van der Waals surface area contributed by atoms with Gasteiger partial charge in [0.25, 0.3) is 0 Å². The normalized spacial score (nSPS) is 12.7. The lowest BCUT2D eigenvalue weighted by atomic mass is 9.95. The van der Waals surface area contributed by atoms with Crippen LogP contribution in [0.5, 0.6) is 0 Å². The number of rotatable bonds is 5. The van der Waals surface area contributed by atoms with Gasteiger partial charge in [-0.15, -0.1) is 0 Å². The van der Waals surface area contributed by atoms with Gasteiger partial charge in [-0.3, -0.25) is 9.55 Å². The van der Waals surface area contributed by atoms with Crippen molar-refractivity contribution >= 4 is 185 Å². The van der Waals surface area contributed by atoms with Crippen LogP contribution in [0.4, 0.5) is 0 Å². The van der Waals surface area contributed by atoms with E-state index in [1.165, 1.54) is 146 Å². The first kappa shape index (κ1) is 51.2. The second kappa shape index (κ2) is 18.3. The molecule has 10 heterocycles. The van der Waals surface area contributed by atoms with E-state index in [0.717, 1.165) is 72.5 Å². The predicted octanol–water partition coefficient (Wildman–Crippen LogP) is 23.1. The molecular formula is C90H50N8. The lowest BCUT2D eigenvalue weighted by Crippen LogP contribution is -1.99. The Morgan fingerprint density at radius 2 is 0.673 bits per heavy atom. The van der Waals surface area contributed by atoms with Gasteiger partial charge in [-0.2, -0.15) is 0 Å². The first-order chi connectivity index (χ1) is 48.7. The number of fused-ring (bicyclic) bond motifs is 30. The van der Waals surface area contributed by atoms with Crippen molar-refractivity contribution in [2.24, 2.45) is 0 Å². The summed E-state index contributed by atoms with van der Waals surface area (Å²) in [4.78, 5) is 10.2. The molecular weight excluding hydrogens is 1190 g/mol. The smallest absolute Gasteiger partial charge is 0.145 e. The third-order valence-corrected chi connectivity index (χ3v) is 22.1. The molecule has 0 saturated carbocycles. The summed E-state index contributed by atoms with van der Waals surface area (Å²) < 4.78 is 14.8. The molecule has 0 radical (unpaired) electrons. The van der Waals surface area contributed by atoms with Crippen molar-refractivity contribution < 1.29 is 0 Å². The molecule has 0 spiro atoms. The topological polar surface area (TPSA) is 54.3 Å². The lowest BCUT2D eigenvalue weighted by Gasteiger charge is -2.13. The maximum atomic E-state index is 5.18. The van der Waals surface area contributed by atoms with Crippen LogP contribution in [-0.4, -0.2) is 37.0 Å². The quantitative estimate of drug-likeness (QED) is 0.172. The first-order valence-electron chi connectivity index (χ1n) is 33.7. The van der Waals surface area contributed by atoms with Crippen molar-refractivity contribution in [1.82, 2.24) is 37.0 Å². The number of para-hydroxylation sites is 6. The van der Waals surface area contributed by atoms with E-state index in [9.17, 15) is 0 Å². The fourth-order valence-corrected chi connectivity index (χ4v) is 18.3. The number of benzene rings is 14. The van der Waals surface area contributed by atoms with Gasteiger partial charge in [0.15, 0.2) is 0 Å². The summed E-state index contributed by atoms with van der Waals surface area (Å²) >= 11 is 0. The van der Waals surface area contributed by atoms with E-state index in [1.807, 2.05) is 12.3 Å². The molecule has 0 bridgehead atoms. The third-order valence-electron chi connectivity index (χ3n) is 22.1. The molecule has 8 nitrogen and oxygen atoms in total. The minimum Gasteiger partial charge on any atom is -0.309 e. The highest BCUT2D eigenvalue weighted by Gasteiger charge is 2.29.